The molecule has 0 unspecified atom stereocenters. The molecule has 2 rings (SSSR count). The Morgan fingerprint density at radius 1 is 1.02 bits per heavy atom. The summed E-state index contributed by atoms with van der Waals surface area (Å²) in [5.74, 6) is -2.03. The van der Waals surface area contributed by atoms with Crippen molar-refractivity contribution in [1.82, 2.24) is 25.8 Å². The van der Waals surface area contributed by atoms with Crippen LogP contribution in [0.1, 0.15) is 40.5 Å². The Labute approximate surface area is 291 Å². The lowest BCUT2D eigenvalue weighted by Crippen LogP contribution is -2.39. The van der Waals surface area contributed by atoms with E-state index in [1.165, 1.54) is 14.2 Å². The second-order valence-electron chi connectivity index (χ2n) is 13.4. The van der Waals surface area contributed by atoms with Gasteiger partial charge in [-0.25, -0.2) is 4.79 Å². The third-order valence-electron chi connectivity index (χ3n) is 8.47. The van der Waals surface area contributed by atoms with Crippen molar-refractivity contribution in [1.29, 1.82) is 0 Å². The van der Waals surface area contributed by atoms with Crippen LogP contribution in [0.2, 0.25) is 0 Å². The molecule has 13 heteroatoms. The number of hydrogen-bond donors (Lipinski definition) is 4. The average molecular weight is 688 g/mol. The molecule has 0 aromatic rings. The van der Waals surface area contributed by atoms with Gasteiger partial charge in [0.1, 0.15) is 6.10 Å². The number of alkyl carbamates (subject to hydrolysis) is 1. The number of aliphatic hydroxyl groups excluding tert-OH is 1. The van der Waals surface area contributed by atoms with Crippen molar-refractivity contribution in [3.63, 3.8) is 0 Å². The SMILES string of the molecule is CO[C@H]1/C=C\C=C(/C)C(=O)NC2=CC(=O)C(NCCN(C)C)=C(C[C@@H](C)C[C@H](OC)[C@H](O)[C@@H](C)/C=C(\C)[C@@H]1OC(=O)NCCN(C)C)C2=O. The molecule has 2 amide bonds. The molecule has 2 bridgehead atoms. The van der Waals surface area contributed by atoms with Gasteiger partial charge < -0.3 is 45.1 Å². The van der Waals surface area contributed by atoms with Gasteiger partial charge in [-0.05, 0) is 66.4 Å². The van der Waals surface area contributed by atoms with E-state index in [0.717, 1.165) is 6.08 Å². The second kappa shape index (κ2) is 20.1. The molecule has 0 saturated carbocycles. The standard InChI is InChI=1S/C36H57N5O8/c1-22-18-26-31(37-14-16-40(5)6)28(42)21-27(33(26)44)39-35(45)23(2)12-11-13-29(47-9)34(49-36(46)38-15-17-41(7)8)25(4)20-24(3)32(43)30(19-22)48-10/h11-13,20-22,24,29-30,32,34,37,43H,14-19H2,1-10H3,(H,38,46)(H,39,45)/b13-11-,23-12+,25-20+/t22-,24+,29+,30+,32-,34+/m1/s1. The molecule has 0 aromatic heterocycles. The number of allylic oxidation sites excluding steroid dienone is 4. The number of methoxy groups -OCH3 is 2. The summed E-state index contributed by atoms with van der Waals surface area (Å²) in [5, 5.41) is 20.0. The van der Waals surface area contributed by atoms with Gasteiger partial charge in [0.2, 0.25) is 11.6 Å². The van der Waals surface area contributed by atoms with Crippen LogP contribution in [0, 0.1) is 11.8 Å². The van der Waals surface area contributed by atoms with Crippen LogP contribution < -0.4 is 16.0 Å². The summed E-state index contributed by atoms with van der Waals surface area (Å²) < 4.78 is 17.3. The number of Topliss-reactive ketones (excluding diaryl/α,β-unsaturated/α-hetero) is 1. The quantitative estimate of drug-likeness (QED) is 0.197. The number of fused-ring (bicyclic) bond motifs is 2. The lowest BCUT2D eigenvalue weighted by Gasteiger charge is -2.30. The summed E-state index contributed by atoms with van der Waals surface area (Å²) in [5.41, 5.74) is 1.29. The molecule has 0 saturated heterocycles. The molecule has 0 fully saturated rings. The van der Waals surface area contributed by atoms with Gasteiger partial charge >= 0.3 is 6.09 Å². The van der Waals surface area contributed by atoms with Crippen molar-refractivity contribution >= 4 is 23.6 Å². The van der Waals surface area contributed by atoms with E-state index in [4.69, 9.17) is 14.2 Å². The van der Waals surface area contributed by atoms with Gasteiger partial charge in [0.15, 0.2) is 6.10 Å². The predicted octanol–water partition coefficient (Wildman–Crippen LogP) is 2.11. The topological polar surface area (TPSA) is 159 Å². The Morgan fingerprint density at radius 2 is 1.67 bits per heavy atom. The van der Waals surface area contributed by atoms with Crippen LogP contribution in [-0.4, -0.2) is 131 Å². The molecule has 6 atom stereocenters. The van der Waals surface area contributed by atoms with Crippen LogP contribution >= 0.6 is 0 Å². The largest absolute Gasteiger partial charge is 0.439 e. The highest BCUT2D eigenvalue weighted by Gasteiger charge is 2.33. The van der Waals surface area contributed by atoms with Crippen molar-refractivity contribution in [3.8, 4) is 0 Å². The number of aliphatic hydroxyl groups is 1. The first-order valence-electron chi connectivity index (χ1n) is 16.7. The number of nitrogens with one attached hydrogen (secondary N) is 3. The molecule has 4 N–H and O–H groups in total. The summed E-state index contributed by atoms with van der Waals surface area (Å²) in [6.07, 6.45) is 4.56. The monoisotopic (exact) mass is 687 g/mol. The molecule has 1 aliphatic carbocycles. The molecular formula is C36H57N5O8. The fraction of sp³-hybridized carbons (Fsp3) is 0.611. The Morgan fingerprint density at radius 3 is 2.29 bits per heavy atom. The van der Waals surface area contributed by atoms with E-state index in [-0.39, 0.29) is 34.9 Å². The smallest absolute Gasteiger partial charge is 0.407 e. The fourth-order valence-corrected chi connectivity index (χ4v) is 5.60. The number of ketones is 2. The Bertz CT molecular complexity index is 1330. The number of likely N-dealkylation sites (N-methyl/N-ethyl adjacent to an activating group) is 2. The van der Waals surface area contributed by atoms with Crippen LogP contribution in [0.5, 0.6) is 0 Å². The Hall–Kier alpha value is -3.62. The van der Waals surface area contributed by atoms with Crippen molar-refractivity contribution in [3.05, 3.63) is 58.5 Å². The highest BCUT2D eigenvalue weighted by Crippen LogP contribution is 2.29. The lowest BCUT2D eigenvalue weighted by atomic mass is 9.85. The average Bonchev–Trinajstić information content (AvgIpc) is 3.03. The van der Waals surface area contributed by atoms with Gasteiger partial charge in [0.05, 0.1) is 23.6 Å². The highest BCUT2D eigenvalue weighted by atomic mass is 16.6. The Balaban J connectivity index is 2.57. The van der Waals surface area contributed by atoms with Crippen molar-refractivity contribution < 1.29 is 38.5 Å². The third kappa shape index (κ3) is 13.0. The highest BCUT2D eigenvalue weighted by molar-refractivity contribution is 6.23. The molecule has 0 aromatic carbocycles. The van der Waals surface area contributed by atoms with E-state index < -0.39 is 53.9 Å². The molecular weight excluding hydrogens is 630 g/mol. The van der Waals surface area contributed by atoms with Gasteiger partial charge in [0.25, 0.3) is 5.91 Å². The zero-order chi connectivity index (χ0) is 36.8. The summed E-state index contributed by atoms with van der Waals surface area (Å²) in [7, 11) is 10.6. The van der Waals surface area contributed by atoms with E-state index in [9.17, 15) is 24.3 Å². The predicted molar refractivity (Wildman–Crippen MR) is 188 cm³/mol. The van der Waals surface area contributed by atoms with E-state index in [2.05, 4.69) is 16.0 Å². The van der Waals surface area contributed by atoms with E-state index in [1.54, 1.807) is 32.1 Å². The molecule has 1 aliphatic heterocycles. The Kier molecular flexibility index (Phi) is 17.1. The maximum absolute atomic E-state index is 13.8. The van der Waals surface area contributed by atoms with Crippen LogP contribution in [0.15, 0.2) is 58.5 Å². The van der Waals surface area contributed by atoms with E-state index in [0.29, 0.717) is 38.2 Å². The number of hydrogen-bond acceptors (Lipinski definition) is 11. The molecule has 0 spiro atoms. The maximum atomic E-state index is 13.8. The van der Waals surface area contributed by atoms with Crippen molar-refractivity contribution in [2.45, 2.75) is 65.0 Å². The van der Waals surface area contributed by atoms with Gasteiger partial charge in [-0.2, -0.15) is 0 Å². The van der Waals surface area contributed by atoms with Crippen molar-refractivity contribution in [2.75, 3.05) is 68.6 Å². The van der Waals surface area contributed by atoms with Gasteiger partial charge in [0, 0.05) is 63.5 Å². The zero-order valence-electron chi connectivity index (χ0n) is 30.8. The number of nitrogens with zero attached hydrogens (tertiary/aromatic N) is 2. The van der Waals surface area contributed by atoms with E-state index in [1.807, 2.05) is 57.9 Å². The van der Waals surface area contributed by atoms with Crippen molar-refractivity contribution in [2.24, 2.45) is 11.8 Å². The summed E-state index contributed by atoms with van der Waals surface area (Å²) in [4.78, 5) is 57.0. The number of carbonyl (C=O) groups excluding carboxylic acids is 4. The minimum absolute atomic E-state index is 0.106. The van der Waals surface area contributed by atoms with Crippen LogP contribution in [0.25, 0.3) is 0 Å². The third-order valence-corrected chi connectivity index (χ3v) is 8.47. The first kappa shape index (κ1) is 41.6. The van der Waals surface area contributed by atoms with Crippen LogP contribution in [0.4, 0.5) is 4.79 Å². The molecule has 49 heavy (non-hydrogen) atoms. The first-order chi connectivity index (χ1) is 23.1. The van der Waals surface area contributed by atoms with Gasteiger partial charge in [-0.15, -0.1) is 0 Å². The number of ether oxygens (including phenoxy) is 3. The van der Waals surface area contributed by atoms with Gasteiger partial charge in [-0.3, -0.25) is 14.4 Å². The summed E-state index contributed by atoms with van der Waals surface area (Å²) in [6, 6.07) is 0. The van der Waals surface area contributed by atoms with E-state index >= 15 is 0 Å². The minimum atomic E-state index is -0.953. The lowest BCUT2D eigenvalue weighted by molar-refractivity contribution is -0.120. The summed E-state index contributed by atoms with van der Waals surface area (Å²) in [6.45, 7) is 9.23. The molecule has 1 heterocycles. The zero-order valence-corrected chi connectivity index (χ0v) is 30.8. The fourth-order valence-electron chi connectivity index (χ4n) is 5.60. The normalized spacial score (nSPS) is 29.1. The number of carbonyl (C=O) groups is 4. The first-order valence-corrected chi connectivity index (χ1v) is 16.7. The molecule has 13 nitrogen and oxygen atoms in total. The van der Waals surface area contributed by atoms with Gasteiger partial charge in [-0.1, -0.05) is 38.2 Å². The van der Waals surface area contributed by atoms with Crippen LogP contribution in [0.3, 0.4) is 0 Å². The summed E-state index contributed by atoms with van der Waals surface area (Å²) >= 11 is 0. The van der Waals surface area contributed by atoms with Crippen LogP contribution in [-0.2, 0) is 28.6 Å². The minimum Gasteiger partial charge on any atom is -0.439 e. The second-order valence-corrected chi connectivity index (χ2v) is 13.4. The molecule has 0 radical (unpaired) electrons. The molecule has 274 valence electrons. The number of rotatable bonds is 10. The number of amides is 2. The maximum Gasteiger partial charge on any atom is 0.407 e. The molecule has 2 aliphatic rings.